The number of nitrogens with one attached hydrogen (secondary N) is 1. The van der Waals surface area contributed by atoms with Crippen LogP contribution in [0.1, 0.15) is 26.2 Å². The van der Waals surface area contributed by atoms with Crippen molar-refractivity contribution in [3.8, 4) is 0 Å². The van der Waals surface area contributed by atoms with Crippen molar-refractivity contribution in [2.45, 2.75) is 26.2 Å². The summed E-state index contributed by atoms with van der Waals surface area (Å²) in [6.07, 6.45) is 2.76. The molecule has 1 aliphatic heterocycles. The van der Waals surface area contributed by atoms with E-state index in [0.717, 1.165) is 25.9 Å². The van der Waals surface area contributed by atoms with Gasteiger partial charge in [0.25, 0.3) is 0 Å². The Balaban J connectivity index is 0. The summed E-state index contributed by atoms with van der Waals surface area (Å²) in [7, 11) is 0. The highest BCUT2D eigenvalue weighted by Crippen LogP contribution is 2.11. The predicted octanol–water partition coefficient (Wildman–Crippen LogP) is 1.78. The molecule has 0 atom stereocenters. The van der Waals surface area contributed by atoms with E-state index in [2.05, 4.69) is 5.32 Å². The molecule has 1 heterocycles. The van der Waals surface area contributed by atoms with Gasteiger partial charge in [0.05, 0.1) is 6.61 Å². The molecule has 0 unspecified atom stereocenters. The Morgan fingerprint density at radius 2 is 1.93 bits per heavy atom. The first-order chi connectivity index (χ1) is 5.83. The number of esters is 1. The lowest BCUT2D eigenvalue weighted by atomic mass is 9.99. The molecule has 1 fully saturated rings. The fourth-order valence-corrected chi connectivity index (χ4v) is 1.36. The number of carbonyl (C=O) groups is 1. The first kappa shape index (κ1) is 16.4. The van der Waals surface area contributed by atoms with Crippen LogP contribution in [0, 0.1) is 5.92 Å². The fourth-order valence-electron chi connectivity index (χ4n) is 1.36. The second-order valence-corrected chi connectivity index (χ2v) is 3.23. The highest BCUT2D eigenvalue weighted by atomic mass is 35.5. The third-order valence-corrected chi connectivity index (χ3v) is 2.23. The summed E-state index contributed by atoms with van der Waals surface area (Å²) in [5.41, 5.74) is 0. The van der Waals surface area contributed by atoms with Crippen molar-refractivity contribution < 1.29 is 9.53 Å². The molecule has 1 N–H and O–H groups in total. The van der Waals surface area contributed by atoms with Crippen molar-refractivity contribution in [3.63, 3.8) is 0 Å². The molecule has 1 saturated heterocycles. The Hall–Kier alpha value is 0.01000. The zero-order valence-corrected chi connectivity index (χ0v) is 10.1. The topological polar surface area (TPSA) is 38.3 Å². The third-order valence-electron chi connectivity index (χ3n) is 2.23. The number of halogens is 2. The van der Waals surface area contributed by atoms with Crippen molar-refractivity contribution >= 4 is 30.8 Å². The van der Waals surface area contributed by atoms with Crippen LogP contribution >= 0.6 is 24.8 Å². The van der Waals surface area contributed by atoms with Crippen LogP contribution in [0.5, 0.6) is 0 Å². The van der Waals surface area contributed by atoms with E-state index in [1.807, 2.05) is 6.92 Å². The molecule has 1 rings (SSSR count). The Kier molecular flexibility index (Phi) is 11.2. The van der Waals surface area contributed by atoms with Crippen LogP contribution in [-0.4, -0.2) is 25.7 Å². The Labute approximate surface area is 97.8 Å². The van der Waals surface area contributed by atoms with Gasteiger partial charge in [-0.3, -0.25) is 4.79 Å². The van der Waals surface area contributed by atoms with E-state index in [1.54, 1.807) is 0 Å². The summed E-state index contributed by atoms with van der Waals surface area (Å²) in [6.45, 7) is 4.57. The maximum absolute atomic E-state index is 10.8. The van der Waals surface area contributed by atoms with Crippen LogP contribution in [0.25, 0.3) is 0 Å². The Morgan fingerprint density at radius 1 is 1.36 bits per heavy atom. The molecule has 86 valence electrons. The normalized spacial score (nSPS) is 16.4. The quantitative estimate of drug-likeness (QED) is 0.769. The smallest absolute Gasteiger partial charge is 0.305 e. The molecule has 3 nitrogen and oxygen atoms in total. The van der Waals surface area contributed by atoms with Gasteiger partial charge < -0.3 is 10.1 Å². The van der Waals surface area contributed by atoms with Crippen LogP contribution in [0.2, 0.25) is 0 Å². The first-order valence-electron chi connectivity index (χ1n) is 4.69. The molecule has 5 heteroatoms. The molecular weight excluding hydrogens is 225 g/mol. The number of hydrogen-bond donors (Lipinski definition) is 1. The summed E-state index contributed by atoms with van der Waals surface area (Å²) in [5.74, 6) is 0.510. The largest absolute Gasteiger partial charge is 0.465 e. The van der Waals surface area contributed by atoms with Crippen LogP contribution in [0.4, 0.5) is 0 Å². The second-order valence-electron chi connectivity index (χ2n) is 3.23. The molecule has 0 saturated carbocycles. The molecule has 0 radical (unpaired) electrons. The molecule has 1 aliphatic rings. The highest BCUT2D eigenvalue weighted by Gasteiger charge is 2.14. The molecule has 0 aromatic carbocycles. The van der Waals surface area contributed by atoms with Gasteiger partial charge in [-0.15, -0.1) is 24.8 Å². The van der Waals surface area contributed by atoms with Gasteiger partial charge in [-0.25, -0.2) is 0 Å². The SMILES string of the molecule is CCC(=O)OCC1CCNCC1.Cl.Cl. The van der Waals surface area contributed by atoms with Gasteiger partial charge >= 0.3 is 5.97 Å². The average Bonchev–Trinajstić information content (AvgIpc) is 2.16. The van der Waals surface area contributed by atoms with Crippen LogP contribution in [0.15, 0.2) is 0 Å². The maximum atomic E-state index is 10.8. The number of ether oxygens (including phenoxy) is 1. The van der Waals surface area contributed by atoms with E-state index >= 15 is 0 Å². The van der Waals surface area contributed by atoms with Gasteiger partial charge in [0.1, 0.15) is 0 Å². The lowest BCUT2D eigenvalue weighted by Crippen LogP contribution is -2.30. The lowest BCUT2D eigenvalue weighted by molar-refractivity contribution is -0.144. The molecule has 0 aromatic rings. The molecular formula is C9H19Cl2NO2. The van der Waals surface area contributed by atoms with Gasteiger partial charge in [-0.2, -0.15) is 0 Å². The maximum Gasteiger partial charge on any atom is 0.305 e. The Morgan fingerprint density at radius 3 is 2.43 bits per heavy atom. The monoisotopic (exact) mass is 243 g/mol. The molecule has 0 aromatic heterocycles. The van der Waals surface area contributed by atoms with Crippen molar-refractivity contribution in [1.82, 2.24) is 5.32 Å². The van der Waals surface area contributed by atoms with E-state index in [4.69, 9.17) is 4.74 Å². The minimum atomic E-state index is -0.0754. The van der Waals surface area contributed by atoms with E-state index in [1.165, 1.54) is 0 Å². The number of carbonyl (C=O) groups excluding carboxylic acids is 1. The lowest BCUT2D eigenvalue weighted by Gasteiger charge is -2.21. The molecule has 0 bridgehead atoms. The number of hydrogen-bond acceptors (Lipinski definition) is 3. The average molecular weight is 244 g/mol. The third kappa shape index (κ3) is 6.46. The van der Waals surface area contributed by atoms with Gasteiger partial charge in [-0.05, 0) is 31.8 Å². The van der Waals surface area contributed by atoms with E-state index in [9.17, 15) is 4.79 Å². The zero-order valence-electron chi connectivity index (χ0n) is 8.45. The van der Waals surface area contributed by atoms with Crippen molar-refractivity contribution in [2.75, 3.05) is 19.7 Å². The standard InChI is InChI=1S/C9H17NO2.2ClH/c1-2-9(11)12-7-8-3-5-10-6-4-8;;/h8,10H,2-7H2,1H3;2*1H. The molecule has 0 amide bonds. The van der Waals surface area contributed by atoms with E-state index < -0.39 is 0 Å². The summed E-state index contributed by atoms with van der Waals surface area (Å²) in [5, 5.41) is 3.28. The first-order valence-corrected chi connectivity index (χ1v) is 4.69. The van der Waals surface area contributed by atoms with E-state index in [0.29, 0.717) is 18.9 Å². The summed E-state index contributed by atoms with van der Waals surface area (Å²) in [6, 6.07) is 0. The molecule has 0 aliphatic carbocycles. The fraction of sp³-hybridized carbons (Fsp3) is 0.889. The zero-order chi connectivity index (χ0) is 8.81. The van der Waals surface area contributed by atoms with Crippen LogP contribution in [0.3, 0.4) is 0 Å². The Bertz CT molecular complexity index is 150. The van der Waals surface area contributed by atoms with Gasteiger partial charge in [-0.1, -0.05) is 6.92 Å². The minimum absolute atomic E-state index is 0. The second kappa shape index (κ2) is 9.56. The summed E-state index contributed by atoms with van der Waals surface area (Å²) >= 11 is 0. The van der Waals surface area contributed by atoms with Crippen LogP contribution < -0.4 is 5.32 Å². The predicted molar refractivity (Wildman–Crippen MR) is 61.3 cm³/mol. The van der Waals surface area contributed by atoms with E-state index in [-0.39, 0.29) is 30.8 Å². The number of rotatable bonds is 3. The van der Waals surface area contributed by atoms with Crippen LogP contribution in [-0.2, 0) is 9.53 Å². The number of piperidine rings is 1. The van der Waals surface area contributed by atoms with Crippen molar-refractivity contribution in [1.29, 1.82) is 0 Å². The van der Waals surface area contributed by atoms with Crippen molar-refractivity contribution in [2.24, 2.45) is 5.92 Å². The minimum Gasteiger partial charge on any atom is -0.465 e. The molecule has 0 spiro atoms. The summed E-state index contributed by atoms with van der Waals surface area (Å²) < 4.78 is 5.06. The summed E-state index contributed by atoms with van der Waals surface area (Å²) in [4.78, 5) is 10.8. The van der Waals surface area contributed by atoms with Gasteiger partial charge in [0, 0.05) is 6.42 Å². The highest BCUT2D eigenvalue weighted by molar-refractivity contribution is 5.85. The molecule has 14 heavy (non-hydrogen) atoms. The van der Waals surface area contributed by atoms with Gasteiger partial charge in [0.2, 0.25) is 0 Å². The van der Waals surface area contributed by atoms with Crippen molar-refractivity contribution in [3.05, 3.63) is 0 Å². The van der Waals surface area contributed by atoms with Gasteiger partial charge in [0.15, 0.2) is 0 Å².